The quantitative estimate of drug-likeness (QED) is 0.635. The summed E-state index contributed by atoms with van der Waals surface area (Å²) >= 11 is 0. The van der Waals surface area contributed by atoms with Gasteiger partial charge >= 0.3 is 0 Å². The zero-order valence-electron chi connectivity index (χ0n) is 14.3. The van der Waals surface area contributed by atoms with Crippen molar-refractivity contribution in [1.29, 1.82) is 0 Å². The minimum absolute atomic E-state index is 0.902. The Kier molecular flexibility index (Phi) is 5.29. The van der Waals surface area contributed by atoms with Gasteiger partial charge in [-0.2, -0.15) is 0 Å². The smallest absolute Gasteiger partial charge is 0.119 e. The van der Waals surface area contributed by atoms with E-state index in [1.165, 1.54) is 21.9 Å². The maximum Gasteiger partial charge on any atom is 0.119 e. The number of hydrogen-bond acceptors (Lipinski definition) is 2. The molecule has 0 radical (unpaired) electrons. The maximum absolute atomic E-state index is 5.32. The lowest BCUT2D eigenvalue weighted by Gasteiger charge is -2.16. The standard InChI is InChI=1S/C22H23NO/c1-23(15-7-10-18-8-4-3-5-9-18)17-20-12-6-11-19-16-21(24-2)13-14-22(19)20/h3-14,16H,15,17H2,1-2H3/b10-7+. The molecule has 0 spiro atoms. The molecule has 0 N–H and O–H groups in total. The van der Waals surface area contributed by atoms with Crippen LogP contribution in [0.4, 0.5) is 0 Å². The molecule has 2 heteroatoms. The zero-order valence-corrected chi connectivity index (χ0v) is 14.3. The number of hydrogen-bond donors (Lipinski definition) is 0. The van der Waals surface area contributed by atoms with Gasteiger partial charge in [-0.15, -0.1) is 0 Å². The molecule has 3 rings (SSSR count). The van der Waals surface area contributed by atoms with Gasteiger partial charge in [-0.3, -0.25) is 4.90 Å². The van der Waals surface area contributed by atoms with E-state index in [1.807, 2.05) is 12.1 Å². The molecule has 3 aromatic rings. The highest BCUT2D eigenvalue weighted by molar-refractivity contribution is 5.87. The van der Waals surface area contributed by atoms with Crippen molar-refractivity contribution >= 4 is 16.8 Å². The van der Waals surface area contributed by atoms with Crippen LogP contribution in [-0.2, 0) is 6.54 Å². The topological polar surface area (TPSA) is 12.5 Å². The van der Waals surface area contributed by atoms with Crippen LogP contribution in [-0.4, -0.2) is 25.6 Å². The van der Waals surface area contributed by atoms with Gasteiger partial charge in [-0.1, -0.05) is 66.7 Å². The third-order valence-electron chi connectivity index (χ3n) is 4.15. The maximum atomic E-state index is 5.32. The van der Waals surface area contributed by atoms with Crippen molar-refractivity contribution in [2.24, 2.45) is 0 Å². The van der Waals surface area contributed by atoms with Crippen LogP contribution >= 0.6 is 0 Å². The van der Waals surface area contributed by atoms with Crippen molar-refractivity contribution in [3.05, 3.63) is 83.9 Å². The van der Waals surface area contributed by atoms with Gasteiger partial charge in [0.2, 0.25) is 0 Å². The van der Waals surface area contributed by atoms with Crippen LogP contribution in [0.25, 0.3) is 16.8 Å². The third-order valence-corrected chi connectivity index (χ3v) is 4.15. The highest BCUT2D eigenvalue weighted by Gasteiger charge is 2.04. The van der Waals surface area contributed by atoms with E-state index in [-0.39, 0.29) is 0 Å². The van der Waals surface area contributed by atoms with Crippen LogP contribution in [0.3, 0.4) is 0 Å². The van der Waals surface area contributed by atoms with Gasteiger partial charge in [0.05, 0.1) is 7.11 Å². The second-order valence-corrected chi connectivity index (χ2v) is 6.01. The fourth-order valence-corrected chi connectivity index (χ4v) is 2.88. The minimum atomic E-state index is 0.902. The first-order chi connectivity index (χ1) is 11.8. The second kappa shape index (κ2) is 7.80. The van der Waals surface area contributed by atoms with E-state index in [4.69, 9.17) is 4.74 Å². The molecule has 122 valence electrons. The van der Waals surface area contributed by atoms with Crippen LogP contribution in [0.2, 0.25) is 0 Å². The summed E-state index contributed by atoms with van der Waals surface area (Å²) in [5, 5.41) is 2.51. The molecule has 0 aromatic heterocycles. The summed E-state index contributed by atoms with van der Waals surface area (Å²) in [5.41, 5.74) is 2.58. The van der Waals surface area contributed by atoms with Gasteiger partial charge in [0.25, 0.3) is 0 Å². The van der Waals surface area contributed by atoms with Gasteiger partial charge in [0, 0.05) is 13.1 Å². The first-order valence-corrected chi connectivity index (χ1v) is 8.22. The van der Waals surface area contributed by atoms with Gasteiger partial charge < -0.3 is 4.74 Å². The molecule has 0 aliphatic heterocycles. The lowest BCUT2D eigenvalue weighted by atomic mass is 10.0. The molecule has 3 aromatic carbocycles. The Labute approximate surface area is 144 Å². The first-order valence-electron chi connectivity index (χ1n) is 8.22. The van der Waals surface area contributed by atoms with Crippen molar-refractivity contribution < 1.29 is 4.74 Å². The molecule has 0 amide bonds. The Balaban J connectivity index is 1.69. The molecule has 0 aliphatic carbocycles. The monoisotopic (exact) mass is 317 g/mol. The molecule has 0 fully saturated rings. The van der Waals surface area contributed by atoms with Crippen LogP contribution in [0.15, 0.2) is 72.8 Å². The highest BCUT2D eigenvalue weighted by Crippen LogP contribution is 2.24. The average molecular weight is 317 g/mol. The summed E-state index contributed by atoms with van der Waals surface area (Å²) < 4.78 is 5.32. The number of benzene rings is 3. The number of nitrogens with zero attached hydrogens (tertiary/aromatic N) is 1. The number of methoxy groups -OCH3 is 1. The largest absolute Gasteiger partial charge is 0.497 e. The number of likely N-dealkylation sites (N-methyl/N-ethyl adjacent to an activating group) is 1. The normalized spacial score (nSPS) is 11.5. The second-order valence-electron chi connectivity index (χ2n) is 6.01. The van der Waals surface area contributed by atoms with Crippen molar-refractivity contribution in [2.75, 3.05) is 20.7 Å². The molecule has 0 unspecified atom stereocenters. The molecule has 0 saturated heterocycles. The Hall–Kier alpha value is -2.58. The average Bonchev–Trinajstić information content (AvgIpc) is 2.62. The summed E-state index contributed by atoms with van der Waals surface area (Å²) in [6, 6.07) is 23.1. The van der Waals surface area contributed by atoms with Crippen LogP contribution in [0.5, 0.6) is 5.75 Å². The Morgan fingerprint density at radius 1 is 0.958 bits per heavy atom. The summed E-state index contributed by atoms with van der Waals surface area (Å²) in [6.45, 7) is 1.84. The fraction of sp³-hybridized carbons (Fsp3) is 0.182. The minimum Gasteiger partial charge on any atom is -0.497 e. The summed E-state index contributed by atoms with van der Waals surface area (Å²) in [5.74, 6) is 0.902. The van der Waals surface area contributed by atoms with E-state index in [9.17, 15) is 0 Å². The highest BCUT2D eigenvalue weighted by atomic mass is 16.5. The van der Waals surface area contributed by atoms with Crippen molar-refractivity contribution in [3.8, 4) is 5.75 Å². The number of rotatable bonds is 6. The van der Waals surface area contributed by atoms with Gasteiger partial charge in [0.1, 0.15) is 5.75 Å². The van der Waals surface area contributed by atoms with E-state index in [0.29, 0.717) is 0 Å². The van der Waals surface area contributed by atoms with E-state index in [1.54, 1.807) is 7.11 Å². The van der Waals surface area contributed by atoms with Crippen LogP contribution < -0.4 is 4.74 Å². The van der Waals surface area contributed by atoms with E-state index >= 15 is 0 Å². The molecule has 2 nitrogen and oxygen atoms in total. The summed E-state index contributed by atoms with van der Waals surface area (Å²) in [6.07, 6.45) is 4.38. The number of fused-ring (bicyclic) bond motifs is 1. The summed E-state index contributed by atoms with van der Waals surface area (Å²) in [7, 11) is 3.86. The van der Waals surface area contributed by atoms with E-state index in [2.05, 4.69) is 78.7 Å². The number of ether oxygens (including phenoxy) is 1. The fourth-order valence-electron chi connectivity index (χ4n) is 2.88. The lowest BCUT2D eigenvalue weighted by molar-refractivity contribution is 0.365. The van der Waals surface area contributed by atoms with Crippen molar-refractivity contribution in [3.63, 3.8) is 0 Å². The molecular formula is C22H23NO. The van der Waals surface area contributed by atoms with Crippen LogP contribution in [0.1, 0.15) is 11.1 Å². The lowest BCUT2D eigenvalue weighted by Crippen LogP contribution is -2.17. The van der Waals surface area contributed by atoms with Gasteiger partial charge in [0.15, 0.2) is 0 Å². The Morgan fingerprint density at radius 3 is 2.58 bits per heavy atom. The van der Waals surface area contributed by atoms with Crippen LogP contribution in [0, 0.1) is 0 Å². The Bertz CT molecular complexity index is 824. The first kappa shape index (κ1) is 16.3. The molecule has 0 atom stereocenters. The van der Waals surface area contributed by atoms with E-state index < -0.39 is 0 Å². The molecular weight excluding hydrogens is 294 g/mol. The predicted molar refractivity (Wildman–Crippen MR) is 102 cm³/mol. The zero-order chi connectivity index (χ0) is 16.8. The van der Waals surface area contributed by atoms with Crippen molar-refractivity contribution in [2.45, 2.75) is 6.54 Å². The molecule has 0 heterocycles. The predicted octanol–water partition coefficient (Wildman–Crippen LogP) is 4.99. The van der Waals surface area contributed by atoms with Gasteiger partial charge in [-0.05, 0) is 41.1 Å². The molecule has 0 bridgehead atoms. The Morgan fingerprint density at radius 2 is 1.79 bits per heavy atom. The van der Waals surface area contributed by atoms with E-state index in [0.717, 1.165) is 18.8 Å². The van der Waals surface area contributed by atoms with Crippen molar-refractivity contribution in [1.82, 2.24) is 4.90 Å². The SMILES string of the molecule is COc1ccc2c(CN(C)C/C=C/c3ccccc3)cccc2c1. The molecule has 0 aliphatic rings. The molecule has 24 heavy (non-hydrogen) atoms. The third kappa shape index (κ3) is 4.03. The summed E-state index contributed by atoms with van der Waals surface area (Å²) in [4.78, 5) is 2.32. The van der Waals surface area contributed by atoms with Gasteiger partial charge in [-0.25, -0.2) is 0 Å². The molecule has 0 saturated carbocycles.